The van der Waals surface area contributed by atoms with Gasteiger partial charge in [0.25, 0.3) is 5.56 Å². The molecule has 0 bridgehead atoms. The van der Waals surface area contributed by atoms with E-state index < -0.39 is 0 Å². The summed E-state index contributed by atoms with van der Waals surface area (Å²) in [5.41, 5.74) is 1.26. The molecule has 1 aliphatic carbocycles. The van der Waals surface area contributed by atoms with E-state index in [9.17, 15) is 9.59 Å². The molecular weight excluding hydrogens is 356 g/mol. The van der Waals surface area contributed by atoms with Crippen molar-refractivity contribution in [1.82, 2.24) is 9.55 Å². The van der Waals surface area contributed by atoms with E-state index in [1.807, 2.05) is 0 Å². The molecule has 0 N–H and O–H groups in total. The standard InChI is InChI=1S/C18H22N2O3S2/c1-11(21)10-24-18-19-16-15(13-6-2-3-7-14(13)25-16)17(22)20(18)9-12-5-4-8-23-12/h12H,2-10H2,1H3/t12-/m0/s1. The van der Waals surface area contributed by atoms with Crippen LogP contribution in [0.5, 0.6) is 0 Å². The molecule has 4 rings (SSSR count). The van der Waals surface area contributed by atoms with E-state index >= 15 is 0 Å². The van der Waals surface area contributed by atoms with Crippen molar-refractivity contribution < 1.29 is 9.53 Å². The van der Waals surface area contributed by atoms with E-state index in [0.29, 0.717) is 17.5 Å². The lowest BCUT2D eigenvalue weighted by atomic mass is 9.97. The third-order valence-electron chi connectivity index (χ3n) is 4.85. The molecule has 2 aliphatic rings. The SMILES string of the molecule is CC(=O)CSc1nc2sc3c(c2c(=O)n1C[C@@H]1CCCO1)CCCC3. The summed E-state index contributed by atoms with van der Waals surface area (Å²) in [5.74, 6) is 0.433. The molecule has 0 spiro atoms. The summed E-state index contributed by atoms with van der Waals surface area (Å²) in [5, 5.41) is 1.46. The minimum absolute atomic E-state index is 0.0472. The lowest BCUT2D eigenvalue weighted by molar-refractivity contribution is -0.114. The van der Waals surface area contributed by atoms with Crippen molar-refractivity contribution >= 4 is 39.1 Å². The summed E-state index contributed by atoms with van der Waals surface area (Å²) in [4.78, 5) is 31.7. The minimum Gasteiger partial charge on any atom is -0.376 e. The number of Topliss-reactive ketones (excluding diaryl/α,β-unsaturated/α-hetero) is 1. The fourth-order valence-electron chi connectivity index (χ4n) is 3.65. The van der Waals surface area contributed by atoms with Crippen LogP contribution in [-0.4, -0.2) is 33.8 Å². The number of aromatic nitrogens is 2. The van der Waals surface area contributed by atoms with Crippen molar-refractivity contribution in [2.75, 3.05) is 12.4 Å². The van der Waals surface area contributed by atoms with Gasteiger partial charge in [0.1, 0.15) is 10.6 Å². The van der Waals surface area contributed by atoms with Crippen molar-refractivity contribution in [3.8, 4) is 0 Å². The third-order valence-corrected chi connectivity index (χ3v) is 7.16. The third kappa shape index (κ3) is 3.41. The summed E-state index contributed by atoms with van der Waals surface area (Å²) < 4.78 is 7.50. The number of ketones is 1. The van der Waals surface area contributed by atoms with Crippen LogP contribution in [0.3, 0.4) is 0 Å². The minimum atomic E-state index is 0.0472. The van der Waals surface area contributed by atoms with Gasteiger partial charge in [0.05, 0.1) is 23.8 Å². The summed E-state index contributed by atoms with van der Waals surface area (Å²) >= 11 is 3.03. The normalized spacial score (nSPS) is 20.1. The highest BCUT2D eigenvalue weighted by atomic mass is 32.2. The summed E-state index contributed by atoms with van der Waals surface area (Å²) in [6.07, 6.45) is 6.45. The highest BCUT2D eigenvalue weighted by molar-refractivity contribution is 7.99. The zero-order valence-electron chi connectivity index (χ0n) is 14.4. The van der Waals surface area contributed by atoms with Crippen LogP contribution in [-0.2, 0) is 28.9 Å². The molecule has 134 valence electrons. The second-order valence-electron chi connectivity index (χ2n) is 6.83. The number of thiophene rings is 1. The first-order valence-corrected chi connectivity index (χ1v) is 10.7. The number of rotatable bonds is 5. The first kappa shape index (κ1) is 17.2. The topological polar surface area (TPSA) is 61.2 Å². The number of hydrogen-bond donors (Lipinski definition) is 0. The summed E-state index contributed by atoms with van der Waals surface area (Å²) in [6.45, 7) is 2.86. The molecule has 1 fully saturated rings. The maximum Gasteiger partial charge on any atom is 0.263 e. The Morgan fingerprint density at radius 1 is 1.36 bits per heavy atom. The van der Waals surface area contributed by atoms with Gasteiger partial charge in [-0.15, -0.1) is 11.3 Å². The fourth-order valence-corrected chi connectivity index (χ4v) is 5.76. The zero-order valence-corrected chi connectivity index (χ0v) is 16.0. The van der Waals surface area contributed by atoms with Gasteiger partial charge in [0.15, 0.2) is 5.16 Å². The van der Waals surface area contributed by atoms with Crippen LogP contribution >= 0.6 is 23.1 Å². The van der Waals surface area contributed by atoms with E-state index in [1.54, 1.807) is 22.8 Å². The van der Waals surface area contributed by atoms with Gasteiger partial charge in [-0.05, 0) is 51.0 Å². The largest absolute Gasteiger partial charge is 0.376 e. The Morgan fingerprint density at radius 3 is 2.96 bits per heavy atom. The average molecular weight is 379 g/mol. The van der Waals surface area contributed by atoms with Gasteiger partial charge in [-0.3, -0.25) is 14.2 Å². The molecule has 0 radical (unpaired) electrons. The van der Waals surface area contributed by atoms with Gasteiger partial charge in [-0.25, -0.2) is 4.98 Å². The molecule has 0 saturated carbocycles. The molecular formula is C18H22N2O3S2. The van der Waals surface area contributed by atoms with Gasteiger partial charge < -0.3 is 4.74 Å². The van der Waals surface area contributed by atoms with Gasteiger partial charge in [-0.2, -0.15) is 0 Å². The summed E-state index contributed by atoms with van der Waals surface area (Å²) in [7, 11) is 0. The van der Waals surface area contributed by atoms with E-state index in [2.05, 4.69) is 0 Å². The zero-order chi connectivity index (χ0) is 17.4. The first-order chi connectivity index (χ1) is 12.1. The Hall–Kier alpha value is -1.18. The molecule has 3 heterocycles. The number of carbonyl (C=O) groups is 1. The van der Waals surface area contributed by atoms with Crippen LogP contribution in [0.15, 0.2) is 9.95 Å². The van der Waals surface area contributed by atoms with Crippen LogP contribution < -0.4 is 5.56 Å². The number of nitrogens with zero attached hydrogens (tertiary/aromatic N) is 2. The van der Waals surface area contributed by atoms with Crippen molar-refractivity contribution in [2.45, 2.75) is 63.3 Å². The molecule has 1 atom stereocenters. The van der Waals surface area contributed by atoms with Crippen LogP contribution in [0.4, 0.5) is 0 Å². The maximum atomic E-state index is 13.3. The second kappa shape index (κ2) is 7.21. The predicted octanol–water partition coefficient (Wildman–Crippen LogP) is 3.20. The van der Waals surface area contributed by atoms with Crippen molar-refractivity contribution in [3.05, 3.63) is 20.8 Å². The second-order valence-corrected chi connectivity index (χ2v) is 8.85. The smallest absolute Gasteiger partial charge is 0.263 e. The number of ether oxygens (including phenoxy) is 1. The highest BCUT2D eigenvalue weighted by Gasteiger charge is 2.24. The lowest BCUT2D eigenvalue weighted by Gasteiger charge is -2.16. The molecule has 0 aromatic carbocycles. The van der Waals surface area contributed by atoms with Gasteiger partial charge in [-0.1, -0.05) is 11.8 Å². The summed E-state index contributed by atoms with van der Waals surface area (Å²) in [6, 6.07) is 0. The van der Waals surface area contributed by atoms with E-state index in [1.165, 1.54) is 28.6 Å². The quantitative estimate of drug-likeness (QED) is 0.591. The predicted molar refractivity (Wildman–Crippen MR) is 101 cm³/mol. The van der Waals surface area contributed by atoms with E-state index in [-0.39, 0.29) is 17.4 Å². The highest BCUT2D eigenvalue weighted by Crippen LogP contribution is 2.34. The molecule has 2 aromatic rings. The molecule has 7 heteroatoms. The number of carbonyl (C=O) groups excluding carboxylic acids is 1. The lowest BCUT2D eigenvalue weighted by Crippen LogP contribution is -2.29. The van der Waals surface area contributed by atoms with Crippen LogP contribution in [0.2, 0.25) is 0 Å². The van der Waals surface area contributed by atoms with Crippen LogP contribution in [0.1, 0.15) is 43.0 Å². The van der Waals surface area contributed by atoms with Crippen molar-refractivity contribution in [3.63, 3.8) is 0 Å². The number of thioether (sulfide) groups is 1. The van der Waals surface area contributed by atoms with Crippen molar-refractivity contribution in [2.24, 2.45) is 0 Å². The van der Waals surface area contributed by atoms with E-state index in [0.717, 1.165) is 48.9 Å². The Kier molecular flexibility index (Phi) is 4.97. The average Bonchev–Trinajstić information content (AvgIpc) is 3.22. The monoisotopic (exact) mass is 378 g/mol. The Morgan fingerprint density at radius 2 is 2.20 bits per heavy atom. The van der Waals surface area contributed by atoms with Crippen LogP contribution in [0.25, 0.3) is 10.2 Å². The number of hydrogen-bond acceptors (Lipinski definition) is 6. The molecule has 1 saturated heterocycles. The van der Waals surface area contributed by atoms with Crippen LogP contribution in [0, 0.1) is 0 Å². The molecule has 25 heavy (non-hydrogen) atoms. The van der Waals surface area contributed by atoms with E-state index in [4.69, 9.17) is 9.72 Å². The van der Waals surface area contributed by atoms with Crippen molar-refractivity contribution in [1.29, 1.82) is 0 Å². The Labute approximate surface area is 154 Å². The Bertz CT molecular complexity index is 865. The molecule has 5 nitrogen and oxygen atoms in total. The van der Waals surface area contributed by atoms with Gasteiger partial charge >= 0.3 is 0 Å². The Balaban J connectivity index is 1.81. The molecule has 0 amide bonds. The fraction of sp³-hybridized carbons (Fsp3) is 0.611. The maximum absolute atomic E-state index is 13.3. The first-order valence-electron chi connectivity index (χ1n) is 8.92. The number of fused-ring (bicyclic) bond motifs is 3. The number of aryl methyl sites for hydroxylation is 2. The van der Waals surface area contributed by atoms with Gasteiger partial charge in [0.2, 0.25) is 0 Å². The molecule has 2 aromatic heterocycles. The molecule has 1 aliphatic heterocycles. The van der Waals surface area contributed by atoms with Gasteiger partial charge in [0, 0.05) is 11.5 Å². The molecule has 0 unspecified atom stereocenters.